The molecule has 3 rings (SSSR count). The van der Waals surface area contributed by atoms with E-state index in [1.165, 1.54) is 36.3 Å². The van der Waals surface area contributed by atoms with Crippen molar-refractivity contribution < 1.29 is 37.3 Å². The number of rotatable bonds is 16. The fourth-order valence-corrected chi connectivity index (χ4v) is 5.06. The molecule has 0 saturated carbocycles. The van der Waals surface area contributed by atoms with Crippen molar-refractivity contribution in [3.63, 3.8) is 0 Å². The standard InChI is InChI=1S/C32H44F3N3O5/c1-6-31(41,22-37-20-19-36(4)29(37)40)16-15-30(2,3)17-18-38(23-39)26-11-9-25(10-12-26)28(32(33,34)35)43-21-24-7-13-27(42-5)14-8-24/h7-14,23,28,41H,6,15-22H2,1-5H3/t28-,31-/m1/s1. The Morgan fingerprint density at radius 3 is 2.19 bits per heavy atom. The first kappa shape index (κ1) is 34.2. The fourth-order valence-electron chi connectivity index (χ4n) is 5.06. The third-order valence-corrected chi connectivity index (χ3v) is 8.27. The van der Waals surface area contributed by atoms with Gasteiger partial charge < -0.3 is 29.3 Å². The molecule has 0 spiro atoms. The number of β-amino-alcohol motifs (C(OH)–C–C–N with tert-alkyl or cyclic N) is 1. The molecule has 2 aromatic carbocycles. The number of anilines is 1. The molecular formula is C32H44F3N3O5. The number of carbonyl (C=O) groups is 2. The highest BCUT2D eigenvalue weighted by Crippen LogP contribution is 2.38. The maximum atomic E-state index is 13.9. The zero-order valence-corrected chi connectivity index (χ0v) is 25.7. The summed E-state index contributed by atoms with van der Waals surface area (Å²) in [5, 5.41) is 11.2. The van der Waals surface area contributed by atoms with Gasteiger partial charge in [-0.05, 0) is 66.5 Å². The number of likely N-dealkylation sites (N-methyl/N-ethyl adjacent to an activating group) is 1. The second-order valence-corrected chi connectivity index (χ2v) is 12.1. The van der Waals surface area contributed by atoms with Crippen LogP contribution in [-0.2, 0) is 16.1 Å². The van der Waals surface area contributed by atoms with Gasteiger partial charge in [-0.2, -0.15) is 13.2 Å². The number of hydrogen-bond donors (Lipinski definition) is 1. The van der Waals surface area contributed by atoms with Crippen molar-refractivity contribution in [3.8, 4) is 5.75 Å². The van der Waals surface area contributed by atoms with Crippen LogP contribution in [0, 0.1) is 5.41 Å². The Hall–Kier alpha value is -3.31. The van der Waals surface area contributed by atoms with Crippen molar-refractivity contribution in [1.82, 2.24) is 9.80 Å². The van der Waals surface area contributed by atoms with E-state index in [1.54, 1.807) is 41.1 Å². The Kier molecular flexibility index (Phi) is 11.5. The number of urea groups is 1. The van der Waals surface area contributed by atoms with Crippen LogP contribution in [0.1, 0.15) is 63.7 Å². The van der Waals surface area contributed by atoms with Gasteiger partial charge in [0.2, 0.25) is 6.41 Å². The number of hydrogen-bond acceptors (Lipinski definition) is 5. The third-order valence-electron chi connectivity index (χ3n) is 8.27. The summed E-state index contributed by atoms with van der Waals surface area (Å²) in [6.45, 7) is 7.64. The second-order valence-electron chi connectivity index (χ2n) is 12.1. The summed E-state index contributed by atoms with van der Waals surface area (Å²) in [5.41, 5.74) is -0.254. The highest BCUT2D eigenvalue weighted by atomic mass is 19.4. The molecular weight excluding hydrogens is 563 g/mol. The lowest BCUT2D eigenvalue weighted by molar-refractivity contribution is -0.227. The van der Waals surface area contributed by atoms with Crippen molar-refractivity contribution in [3.05, 3.63) is 59.7 Å². The second kappa shape index (κ2) is 14.4. The van der Waals surface area contributed by atoms with Gasteiger partial charge in [-0.3, -0.25) is 4.79 Å². The van der Waals surface area contributed by atoms with Crippen LogP contribution in [0.4, 0.5) is 23.7 Å². The lowest BCUT2D eigenvalue weighted by Gasteiger charge is -2.35. The highest BCUT2D eigenvalue weighted by molar-refractivity contribution is 5.76. The average molecular weight is 608 g/mol. The van der Waals surface area contributed by atoms with Gasteiger partial charge in [0.05, 0.1) is 25.9 Å². The Balaban J connectivity index is 1.59. The van der Waals surface area contributed by atoms with Crippen LogP contribution >= 0.6 is 0 Å². The van der Waals surface area contributed by atoms with Gasteiger partial charge in [-0.25, -0.2) is 4.79 Å². The lowest BCUT2D eigenvalue weighted by atomic mass is 9.79. The molecule has 2 aromatic rings. The minimum Gasteiger partial charge on any atom is -0.497 e. The third kappa shape index (κ3) is 9.59. The first-order valence-corrected chi connectivity index (χ1v) is 14.6. The van der Waals surface area contributed by atoms with Crippen LogP contribution in [0.3, 0.4) is 0 Å². The van der Waals surface area contributed by atoms with E-state index in [0.717, 1.165) is 0 Å². The van der Waals surface area contributed by atoms with Gasteiger partial charge in [0.15, 0.2) is 6.10 Å². The van der Waals surface area contributed by atoms with Crippen LogP contribution in [-0.4, -0.2) is 79.5 Å². The van der Waals surface area contributed by atoms with Gasteiger partial charge in [0.1, 0.15) is 5.75 Å². The van der Waals surface area contributed by atoms with Gasteiger partial charge in [0.25, 0.3) is 0 Å². The van der Waals surface area contributed by atoms with Crippen LogP contribution in [0.15, 0.2) is 48.5 Å². The van der Waals surface area contributed by atoms with E-state index in [4.69, 9.17) is 9.47 Å². The van der Waals surface area contributed by atoms with Gasteiger partial charge in [-0.15, -0.1) is 0 Å². The van der Waals surface area contributed by atoms with Crippen LogP contribution in [0.5, 0.6) is 5.75 Å². The molecule has 1 fully saturated rings. The molecule has 0 aromatic heterocycles. The molecule has 11 heteroatoms. The number of ether oxygens (including phenoxy) is 2. The first-order chi connectivity index (χ1) is 20.2. The quantitative estimate of drug-likeness (QED) is 0.231. The predicted molar refractivity (Wildman–Crippen MR) is 159 cm³/mol. The molecule has 0 unspecified atom stereocenters. The van der Waals surface area contributed by atoms with E-state index in [-0.39, 0.29) is 30.2 Å². The lowest BCUT2D eigenvalue weighted by Crippen LogP contribution is -2.45. The normalized spacial score (nSPS) is 16.3. The summed E-state index contributed by atoms with van der Waals surface area (Å²) in [4.78, 5) is 29.0. The Labute approximate surface area is 252 Å². The summed E-state index contributed by atoms with van der Waals surface area (Å²) in [5.74, 6) is 0.598. The Morgan fingerprint density at radius 1 is 1.02 bits per heavy atom. The van der Waals surface area contributed by atoms with E-state index in [1.807, 2.05) is 6.92 Å². The number of aliphatic hydroxyl groups is 1. The largest absolute Gasteiger partial charge is 0.497 e. The van der Waals surface area contributed by atoms with Crippen LogP contribution < -0.4 is 9.64 Å². The Morgan fingerprint density at radius 2 is 1.67 bits per heavy atom. The minimum atomic E-state index is -4.62. The molecule has 1 aliphatic heterocycles. The maximum Gasteiger partial charge on any atom is 0.418 e. The van der Waals surface area contributed by atoms with Crippen LogP contribution in [0.25, 0.3) is 0 Å². The summed E-state index contributed by atoms with van der Waals surface area (Å²) in [6.07, 6.45) is -3.80. The molecule has 8 nitrogen and oxygen atoms in total. The zero-order valence-electron chi connectivity index (χ0n) is 25.7. The summed E-state index contributed by atoms with van der Waals surface area (Å²) < 4.78 is 52.0. The number of amides is 3. The van der Waals surface area contributed by atoms with Crippen molar-refractivity contribution >= 4 is 18.1 Å². The Bertz CT molecular complexity index is 1190. The molecule has 0 bridgehead atoms. The summed E-state index contributed by atoms with van der Waals surface area (Å²) in [7, 11) is 3.25. The zero-order chi connectivity index (χ0) is 31.8. The number of halogens is 3. The molecule has 43 heavy (non-hydrogen) atoms. The topological polar surface area (TPSA) is 82.6 Å². The average Bonchev–Trinajstić information content (AvgIpc) is 3.29. The maximum absolute atomic E-state index is 13.9. The number of carbonyl (C=O) groups excluding carboxylic acids is 2. The monoisotopic (exact) mass is 607 g/mol. The number of benzene rings is 2. The first-order valence-electron chi connectivity index (χ1n) is 14.6. The van der Waals surface area contributed by atoms with Crippen molar-refractivity contribution in [2.45, 2.75) is 70.9 Å². The summed E-state index contributed by atoms with van der Waals surface area (Å²) >= 11 is 0. The van der Waals surface area contributed by atoms with Crippen molar-refractivity contribution in [1.29, 1.82) is 0 Å². The van der Waals surface area contributed by atoms with E-state index in [0.29, 0.717) is 68.7 Å². The van der Waals surface area contributed by atoms with Crippen molar-refractivity contribution in [2.75, 3.05) is 45.2 Å². The van der Waals surface area contributed by atoms with E-state index in [9.17, 15) is 27.9 Å². The van der Waals surface area contributed by atoms with Gasteiger partial charge >= 0.3 is 12.2 Å². The molecule has 0 radical (unpaired) electrons. The smallest absolute Gasteiger partial charge is 0.418 e. The number of methoxy groups -OCH3 is 1. The summed E-state index contributed by atoms with van der Waals surface area (Å²) in [6, 6.07) is 12.2. The molecule has 1 heterocycles. The minimum absolute atomic E-state index is 0.0579. The molecule has 1 saturated heterocycles. The SMILES string of the molecule is CC[C@@](O)(CCC(C)(C)CCN(C=O)c1ccc([C@@H](OCc2ccc(OC)cc2)C(F)(F)F)cc1)CN1CCN(C)C1=O. The van der Waals surface area contributed by atoms with Gasteiger partial charge in [0, 0.05) is 32.4 Å². The number of alkyl halides is 3. The van der Waals surface area contributed by atoms with E-state index >= 15 is 0 Å². The molecule has 1 N–H and O–H groups in total. The van der Waals surface area contributed by atoms with E-state index < -0.39 is 17.9 Å². The molecule has 2 atom stereocenters. The van der Waals surface area contributed by atoms with Crippen LogP contribution in [0.2, 0.25) is 0 Å². The number of nitrogens with zero attached hydrogens (tertiary/aromatic N) is 3. The van der Waals surface area contributed by atoms with Crippen molar-refractivity contribution in [2.24, 2.45) is 5.41 Å². The molecule has 238 valence electrons. The fraction of sp³-hybridized carbons (Fsp3) is 0.562. The predicted octanol–water partition coefficient (Wildman–Crippen LogP) is 6.18. The highest BCUT2D eigenvalue weighted by Gasteiger charge is 2.42. The molecule has 0 aliphatic carbocycles. The molecule has 1 aliphatic rings. The van der Waals surface area contributed by atoms with Gasteiger partial charge in [-0.1, -0.05) is 45.0 Å². The van der Waals surface area contributed by atoms with E-state index in [2.05, 4.69) is 13.8 Å². The molecule has 3 amide bonds.